The topological polar surface area (TPSA) is 85.2 Å². The van der Waals surface area contributed by atoms with Crippen LogP contribution in [-0.2, 0) is 6.54 Å². The fourth-order valence-electron chi connectivity index (χ4n) is 1.43. The Bertz CT molecular complexity index is 520. The van der Waals surface area contributed by atoms with Crippen LogP contribution in [-0.4, -0.2) is 15.2 Å². The second kappa shape index (κ2) is 3.94. The largest absolute Gasteiger partial charge is 0.507 e. The fourth-order valence-corrected chi connectivity index (χ4v) is 1.43. The number of nitrogens with zero attached hydrogens (tertiary/aromatic N) is 2. The number of aryl methyl sites for hydroxylation is 1. The van der Waals surface area contributed by atoms with E-state index < -0.39 is 0 Å². The highest BCUT2D eigenvalue weighted by molar-refractivity contribution is 5.66. The van der Waals surface area contributed by atoms with Gasteiger partial charge < -0.3 is 15.4 Å². The standard InChI is InChI=1S/C11H13N3O2/c1-6-3-4-8(10(15)7(6)2)11-13-9(5-12)16-14-11/h3-4,15H,5,12H2,1-2H3. The molecule has 1 aromatic carbocycles. The molecule has 0 aliphatic carbocycles. The Morgan fingerprint density at radius 3 is 2.75 bits per heavy atom. The van der Waals surface area contributed by atoms with Gasteiger partial charge in [0, 0.05) is 0 Å². The monoisotopic (exact) mass is 219 g/mol. The number of aromatic nitrogens is 2. The van der Waals surface area contributed by atoms with Crippen LogP contribution < -0.4 is 5.73 Å². The van der Waals surface area contributed by atoms with Crippen molar-refractivity contribution in [3.8, 4) is 17.1 Å². The van der Waals surface area contributed by atoms with Crippen molar-refractivity contribution < 1.29 is 9.63 Å². The summed E-state index contributed by atoms with van der Waals surface area (Å²) in [6.07, 6.45) is 0. The average Bonchev–Trinajstić information content (AvgIpc) is 2.74. The number of hydrogen-bond acceptors (Lipinski definition) is 5. The zero-order valence-electron chi connectivity index (χ0n) is 9.19. The molecule has 2 aromatic rings. The molecule has 3 N–H and O–H groups in total. The van der Waals surface area contributed by atoms with Crippen molar-refractivity contribution in [3.63, 3.8) is 0 Å². The quantitative estimate of drug-likeness (QED) is 0.799. The highest BCUT2D eigenvalue weighted by atomic mass is 16.5. The molecule has 0 radical (unpaired) electrons. The van der Waals surface area contributed by atoms with E-state index in [9.17, 15) is 5.11 Å². The van der Waals surface area contributed by atoms with Gasteiger partial charge in [-0.3, -0.25) is 0 Å². The summed E-state index contributed by atoms with van der Waals surface area (Å²) in [6, 6.07) is 3.67. The minimum absolute atomic E-state index is 0.185. The van der Waals surface area contributed by atoms with Crippen LogP contribution in [0.3, 0.4) is 0 Å². The zero-order valence-corrected chi connectivity index (χ0v) is 9.19. The summed E-state index contributed by atoms with van der Waals surface area (Å²) in [5.74, 6) is 0.901. The van der Waals surface area contributed by atoms with E-state index in [2.05, 4.69) is 10.1 Å². The molecule has 1 aromatic heterocycles. The maximum Gasteiger partial charge on any atom is 0.240 e. The van der Waals surface area contributed by atoms with Gasteiger partial charge in [0.2, 0.25) is 11.7 Å². The molecule has 0 bridgehead atoms. The number of aromatic hydroxyl groups is 1. The van der Waals surface area contributed by atoms with Crippen molar-refractivity contribution in [1.29, 1.82) is 0 Å². The average molecular weight is 219 g/mol. The maximum absolute atomic E-state index is 9.96. The van der Waals surface area contributed by atoms with Crippen LogP contribution in [0.2, 0.25) is 0 Å². The summed E-state index contributed by atoms with van der Waals surface area (Å²) in [7, 11) is 0. The Hall–Kier alpha value is -1.88. The van der Waals surface area contributed by atoms with Gasteiger partial charge in [-0.1, -0.05) is 11.2 Å². The minimum atomic E-state index is 0.185. The second-order valence-electron chi connectivity index (χ2n) is 3.62. The van der Waals surface area contributed by atoms with Gasteiger partial charge in [-0.05, 0) is 31.0 Å². The van der Waals surface area contributed by atoms with Gasteiger partial charge in [-0.15, -0.1) is 0 Å². The van der Waals surface area contributed by atoms with Crippen LogP contribution in [0.4, 0.5) is 0 Å². The Kier molecular flexibility index (Phi) is 2.62. The van der Waals surface area contributed by atoms with Crippen molar-refractivity contribution >= 4 is 0 Å². The Morgan fingerprint density at radius 1 is 1.38 bits per heavy atom. The molecule has 5 heteroatoms. The molecule has 16 heavy (non-hydrogen) atoms. The van der Waals surface area contributed by atoms with Gasteiger partial charge in [0.1, 0.15) is 5.75 Å². The van der Waals surface area contributed by atoms with Crippen LogP contribution in [0.15, 0.2) is 16.7 Å². The fraction of sp³-hybridized carbons (Fsp3) is 0.273. The summed E-state index contributed by atoms with van der Waals surface area (Å²) in [4.78, 5) is 4.07. The Balaban J connectivity index is 2.52. The second-order valence-corrected chi connectivity index (χ2v) is 3.62. The normalized spacial score (nSPS) is 10.7. The number of rotatable bonds is 2. The SMILES string of the molecule is Cc1ccc(-c2noc(CN)n2)c(O)c1C. The molecule has 0 saturated heterocycles. The van der Waals surface area contributed by atoms with E-state index in [4.69, 9.17) is 10.3 Å². The third-order valence-electron chi connectivity index (χ3n) is 2.59. The number of phenols is 1. The van der Waals surface area contributed by atoms with Crippen molar-refractivity contribution in [3.05, 3.63) is 29.2 Å². The lowest BCUT2D eigenvalue weighted by atomic mass is 10.0. The van der Waals surface area contributed by atoms with Gasteiger partial charge in [0.05, 0.1) is 12.1 Å². The van der Waals surface area contributed by atoms with E-state index in [0.717, 1.165) is 11.1 Å². The molecule has 0 fully saturated rings. The summed E-state index contributed by atoms with van der Waals surface area (Å²) in [6.45, 7) is 3.97. The summed E-state index contributed by atoms with van der Waals surface area (Å²) in [5, 5.41) is 13.7. The third kappa shape index (κ3) is 1.65. The highest BCUT2D eigenvalue weighted by Gasteiger charge is 2.13. The van der Waals surface area contributed by atoms with E-state index in [-0.39, 0.29) is 12.3 Å². The molecule has 0 amide bonds. The predicted octanol–water partition coefficient (Wildman–Crippen LogP) is 1.52. The molecule has 0 aliphatic heterocycles. The predicted molar refractivity (Wildman–Crippen MR) is 58.8 cm³/mol. The summed E-state index contributed by atoms with van der Waals surface area (Å²) >= 11 is 0. The van der Waals surface area contributed by atoms with Crippen molar-refractivity contribution in [1.82, 2.24) is 10.1 Å². The molecule has 5 nitrogen and oxygen atoms in total. The molecule has 84 valence electrons. The molecule has 0 unspecified atom stereocenters. The van der Waals surface area contributed by atoms with E-state index in [1.165, 1.54) is 0 Å². The third-order valence-corrected chi connectivity index (χ3v) is 2.59. The maximum atomic E-state index is 9.96. The van der Waals surface area contributed by atoms with Crippen LogP contribution in [0, 0.1) is 13.8 Å². The first-order valence-corrected chi connectivity index (χ1v) is 4.95. The number of hydrogen-bond donors (Lipinski definition) is 2. The molecule has 1 heterocycles. The van der Waals surface area contributed by atoms with E-state index in [0.29, 0.717) is 17.3 Å². The van der Waals surface area contributed by atoms with Crippen LogP contribution in [0.5, 0.6) is 5.75 Å². The van der Waals surface area contributed by atoms with Gasteiger partial charge in [0.15, 0.2) is 0 Å². The summed E-state index contributed by atoms with van der Waals surface area (Å²) < 4.78 is 4.90. The lowest BCUT2D eigenvalue weighted by Gasteiger charge is -2.05. The minimum Gasteiger partial charge on any atom is -0.507 e. The molecule has 0 aliphatic rings. The van der Waals surface area contributed by atoms with Gasteiger partial charge in [-0.25, -0.2) is 0 Å². The van der Waals surface area contributed by atoms with Crippen molar-refractivity contribution in [2.75, 3.05) is 0 Å². The van der Waals surface area contributed by atoms with Crippen LogP contribution in [0.25, 0.3) is 11.4 Å². The number of nitrogens with two attached hydrogens (primary N) is 1. The van der Waals surface area contributed by atoms with E-state index in [1.54, 1.807) is 6.07 Å². The van der Waals surface area contributed by atoms with Crippen molar-refractivity contribution in [2.45, 2.75) is 20.4 Å². The lowest BCUT2D eigenvalue weighted by molar-refractivity contribution is 0.380. The molecular formula is C11H13N3O2. The van der Waals surface area contributed by atoms with E-state index >= 15 is 0 Å². The molecule has 0 saturated carbocycles. The molecule has 0 spiro atoms. The van der Waals surface area contributed by atoms with Crippen molar-refractivity contribution in [2.24, 2.45) is 5.73 Å². The Morgan fingerprint density at radius 2 is 2.12 bits per heavy atom. The lowest BCUT2D eigenvalue weighted by Crippen LogP contribution is -1.95. The molecular weight excluding hydrogens is 206 g/mol. The first kappa shape index (κ1) is 10.6. The smallest absolute Gasteiger partial charge is 0.240 e. The molecule has 0 atom stereocenters. The summed E-state index contributed by atoms with van der Waals surface area (Å²) in [5.41, 5.74) is 7.77. The van der Waals surface area contributed by atoms with Crippen LogP contribution in [0.1, 0.15) is 17.0 Å². The highest BCUT2D eigenvalue weighted by Crippen LogP contribution is 2.31. The zero-order chi connectivity index (χ0) is 11.7. The van der Waals surface area contributed by atoms with E-state index in [1.807, 2.05) is 19.9 Å². The number of phenolic OH excluding ortho intramolecular Hbond substituents is 1. The Labute approximate surface area is 92.9 Å². The van der Waals surface area contributed by atoms with Gasteiger partial charge in [0.25, 0.3) is 0 Å². The first-order valence-electron chi connectivity index (χ1n) is 4.95. The van der Waals surface area contributed by atoms with Crippen LogP contribution >= 0.6 is 0 Å². The number of benzene rings is 1. The van der Waals surface area contributed by atoms with Gasteiger partial charge >= 0.3 is 0 Å². The molecule has 2 rings (SSSR count). The van der Waals surface area contributed by atoms with Gasteiger partial charge in [-0.2, -0.15) is 4.98 Å². The first-order chi connectivity index (χ1) is 7.63.